The minimum atomic E-state index is -1.55. The molecule has 7 atom stereocenters. The number of para-hydroxylation sites is 1. The number of benzene rings is 2. The van der Waals surface area contributed by atoms with Crippen molar-refractivity contribution in [2.45, 2.75) is 56.3 Å². The number of hydrogen-bond acceptors (Lipinski definition) is 9. The molecule has 0 radical (unpaired) electrons. The molecule has 4 aliphatic rings. The number of aromatic nitrogens is 3. The van der Waals surface area contributed by atoms with Gasteiger partial charge in [-0.1, -0.05) is 72.0 Å². The van der Waals surface area contributed by atoms with Crippen molar-refractivity contribution < 1.29 is 33.8 Å². The molecule has 3 amide bonds. The molecule has 0 saturated carbocycles. The summed E-state index contributed by atoms with van der Waals surface area (Å²) in [5.41, 5.74) is 0.498. The van der Waals surface area contributed by atoms with E-state index in [1.807, 2.05) is 30.3 Å². The molecule has 0 bridgehead atoms. The largest absolute Gasteiger partial charge is 0.460 e. The quantitative estimate of drug-likeness (QED) is 0.312. The Morgan fingerprint density at radius 3 is 2.64 bits per heavy atom. The number of aliphatic hydroxyl groups excluding tert-OH is 1. The summed E-state index contributed by atoms with van der Waals surface area (Å²) < 4.78 is 14.2. The normalized spacial score (nSPS) is 30.8. The molecular weight excluding hydrogens is 604 g/mol. The van der Waals surface area contributed by atoms with Gasteiger partial charge in [-0.25, -0.2) is 4.68 Å². The first-order valence-electron chi connectivity index (χ1n) is 15.9. The lowest BCUT2D eigenvalue weighted by atomic mass is 9.78. The van der Waals surface area contributed by atoms with Crippen LogP contribution >= 0.6 is 0 Å². The maximum Gasteiger partial charge on any atom is 0.313 e. The van der Waals surface area contributed by atoms with E-state index in [2.05, 4.69) is 15.6 Å². The molecule has 2 N–H and O–H groups in total. The molecule has 0 unspecified atom stereocenters. The van der Waals surface area contributed by atoms with E-state index in [1.165, 1.54) is 4.90 Å². The Labute approximate surface area is 270 Å². The van der Waals surface area contributed by atoms with Crippen molar-refractivity contribution in [3.05, 3.63) is 84.5 Å². The van der Waals surface area contributed by atoms with Crippen molar-refractivity contribution in [1.29, 1.82) is 0 Å². The van der Waals surface area contributed by atoms with Crippen LogP contribution in [0.4, 0.5) is 0 Å². The molecule has 1 aromatic heterocycles. The number of nitrogens with one attached hydrogen (secondary N) is 1. The molecule has 2 fully saturated rings. The summed E-state index contributed by atoms with van der Waals surface area (Å²) in [4.78, 5) is 58.8. The number of ether oxygens (including phenoxy) is 2. The topological polar surface area (TPSA) is 156 Å². The fraction of sp³-hybridized carbons (Fsp3) is 0.412. The van der Waals surface area contributed by atoms with Crippen molar-refractivity contribution in [2.75, 3.05) is 19.7 Å². The Bertz CT molecular complexity index is 1760. The summed E-state index contributed by atoms with van der Waals surface area (Å²) in [7, 11) is 0. The van der Waals surface area contributed by atoms with Gasteiger partial charge in [-0.2, -0.15) is 0 Å². The number of hydrogen-bond donors (Lipinski definition) is 2. The van der Waals surface area contributed by atoms with E-state index in [1.54, 1.807) is 65.1 Å². The maximum absolute atomic E-state index is 14.8. The molecule has 47 heavy (non-hydrogen) atoms. The molecular formula is C34H36N6O7. The van der Waals surface area contributed by atoms with Gasteiger partial charge in [0, 0.05) is 13.0 Å². The van der Waals surface area contributed by atoms with Gasteiger partial charge < -0.3 is 29.7 Å². The van der Waals surface area contributed by atoms with Crippen molar-refractivity contribution in [3.8, 4) is 0 Å². The number of amides is 3. The van der Waals surface area contributed by atoms with Gasteiger partial charge in [0.15, 0.2) is 0 Å². The molecule has 2 saturated heterocycles. The van der Waals surface area contributed by atoms with Crippen LogP contribution < -0.4 is 5.32 Å². The molecule has 3 aromatic rings. The van der Waals surface area contributed by atoms with E-state index in [4.69, 9.17) is 9.47 Å². The predicted molar refractivity (Wildman–Crippen MR) is 167 cm³/mol. The van der Waals surface area contributed by atoms with Gasteiger partial charge in [0.2, 0.25) is 11.8 Å². The molecule has 1 spiro atoms. The van der Waals surface area contributed by atoms with Gasteiger partial charge in [0.05, 0.1) is 36.7 Å². The van der Waals surface area contributed by atoms with Crippen LogP contribution in [-0.2, 0) is 35.3 Å². The van der Waals surface area contributed by atoms with Crippen LogP contribution in [0.1, 0.15) is 31.4 Å². The molecule has 13 nitrogen and oxygen atoms in total. The summed E-state index contributed by atoms with van der Waals surface area (Å²) in [6.07, 6.45) is 6.04. The van der Waals surface area contributed by atoms with E-state index in [9.17, 15) is 24.3 Å². The highest BCUT2D eigenvalue weighted by atomic mass is 16.6. The van der Waals surface area contributed by atoms with Crippen molar-refractivity contribution in [1.82, 2.24) is 30.1 Å². The van der Waals surface area contributed by atoms with Crippen LogP contribution in [0, 0.1) is 11.8 Å². The molecule has 244 valence electrons. The number of aliphatic hydroxyl groups is 1. The zero-order valence-electron chi connectivity index (χ0n) is 25.8. The third kappa shape index (κ3) is 5.28. The highest BCUT2D eigenvalue weighted by Crippen LogP contribution is 2.55. The van der Waals surface area contributed by atoms with Gasteiger partial charge in [-0.05, 0) is 31.0 Å². The third-order valence-electron chi connectivity index (χ3n) is 9.47. The minimum absolute atomic E-state index is 0.0471. The first-order chi connectivity index (χ1) is 22.8. The molecule has 7 rings (SSSR count). The van der Waals surface area contributed by atoms with Crippen molar-refractivity contribution >= 4 is 34.7 Å². The second-order valence-electron chi connectivity index (χ2n) is 12.4. The lowest BCUT2D eigenvalue weighted by molar-refractivity contribution is -0.160. The Hall–Kier alpha value is -4.88. The van der Waals surface area contributed by atoms with E-state index in [-0.39, 0.29) is 32.1 Å². The SMILES string of the molecule is C[C@@H]1CNC(=O)CC/C=C\[C@H]2O[C@]34C=CCN(Cn5nnc6ccccc65)C(=O)[C@H]3N([C@H](CO)c3ccccc3)C(=O)[C@@H]4[C@H]2C(=O)O1. The van der Waals surface area contributed by atoms with Crippen LogP contribution in [0.5, 0.6) is 0 Å². The number of likely N-dealkylation sites (tertiary alicyclic amines) is 1. The summed E-state index contributed by atoms with van der Waals surface area (Å²) in [6.45, 7) is 1.55. The van der Waals surface area contributed by atoms with Gasteiger partial charge in [0.25, 0.3) is 5.91 Å². The molecule has 2 aromatic carbocycles. The number of carbonyl (C=O) groups excluding carboxylic acids is 4. The Morgan fingerprint density at radius 1 is 1.04 bits per heavy atom. The van der Waals surface area contributed by atoms with Crippen LogP contribution in [0.2, 0.25) is 0 Å². The second-order valence-corrected chi connectivity index (χ2v) is 12.4. The second kappa shape index (κ2) is 12.4. The standard InChI is InChI=1S/C34H36N6O7/c1-21-18-35-27(42)15-8-7-14-26-28(33(45)46-21)29-31(43)40(25(19-41)22-10-3-2-4-11-22)30-32(44)38(17-9-16-34(29,30)47-26)20-39-24-13-6-5-12-23(24)36-37-39/h2-7,9-14,16,21,25-26,28-30,41H,8,15,17-20H2,1H3,(H,35,42)/b14-7-/t21-,25-,26-,28+,29+,30-,34+/m1/s1. The van der Waals surface area contributed by atoms with Crippen LogP contribution in [0.3, 0.4) is 0 Å². The molecule has 0 aliphatic carbocycles. The predicted octanol–water partition coefficient (Wildman–Crippen LogP) is 1.50. The summed E-state index contributed by atoms with van der Waals surface area (Å²) >= 11 is 0. The van der Waals surface area contributed by atoms with Crippen molar-refractivity contribution in [3.63, 3.8) is 0 Å². The van der Waals surface area contributed by atoms with Crippen LogP contribution in [-0.4, -0.2) is 97.1 Å². The first-order valence-corrected chi connectivity index (χ1v) is 15.9. The lowest BCUT2D eigenvalue weighted by Gasteiger charge is -2.38. The first kappa shape index (κ1) is 30.8. The van der Waals surface area contributed by atoms with E-state index < -0.39 is 66.1 Å². The summed E-state index contributed by atoms with van der Waals surface area (Å²) in [6, 6.07) is 14.3. The molecule has 4 aliphatic heterocycles. The highest BCUT2D eigenvalue weighted by molar-refractivity contribution is 5.99. The van der Waals surface area contributed by atoms with E-state index >= 15 is 0 Å². The number of fused-ring (bicyclic) bond motifs is 3. The highest BCUT2D eigenvalue weighted by Gasteiger charge is 2.72. The number of cyclic esters (lactones) is 1. The zero-order valence-corrected chi connectivity index (χ0v) is 25.8. The maximum atomic E-state index is 14.8. The van der Waals surface area contributed by atoms with E-state index in [0.717, 1.165) is 5.52 Å². The van der Waals surface area contributed by atoms with Crippen LogP contribution in [0.15, 0.2) is 78.9 Å². The number of rotatable bonds is 5. The third-order valence-corrected chi connectivity index (χ3v) is 9.47. The van der Waals surface area contributed by atoms with Gasteiger partial charge in [0.1, 0.15) is 35.9 Å². The Balaban J connectivity index is 1.33. The zero-order chi connectivity index (χ0) is 32.7. The average molecular weight is 641 g/mol. The number of carbonyl (C=O) groups is 4. The average Bonchev–Trinajstić information content (AvgIpc) is 3.67. The van der Waals surface area contributed by atoms with Gasteiger partial charge in [-0.3, -0.25) is 19.2 Å². The Kier molecular flexibility index (Phi) is 8.10. The monoisotopic (exact) mass is 640 g/mol. The fourth-order valence-electron chi connectivity index (χ4n) is 7.32. The number of esters is 1. The Morgan fingerprint density at radius 2 is 1.83 bits per heavy atom. The number of allylic oxidation sites excluding steroid dienone is 1. The van der Waals surface area contributed by atoms with E-state index in [0.29, 0.717) is 17.5 Å². The van der Waals surface area contributed by atoms with Crippen molar-refractivity contribution in [2.24, 2.45) is 11.8 Å². The smallest absolute Gasteiger partial charge is 0.313 e. The van der Waals surface area contributed by atoms with Gasteiger partial charge in [-0.15, -0.1) is 5.10 Å². The fourth-order valence-corrected chi connectivity index (χ4v) is 7.32. The molecule has 13 heteroatoms. The van der Waals surface area contributed by atoms with Crippen LogP contribution in [0.25, 0.3) is 11.0 Å². The number of nitrogens with zero attached hydrogens (tertiary/aromatic N) is 5. The minimum Gasteiger partial charge on any atom is -0.460 e. The van der Waals surface area contributed by atoms with Gasteiger partial charge >= 0.3 is 5.97 Å². The molecule has 5 heterocycles. The summed E-state index contributed by atoms with van der Waals surface area (Å²) in [5.74, 6) is -3.94. The summed E-state index contributed by atoms with van der Waals surface area (Å²) in [5, 5.41) is 22.0. The lowest BCUT2D eigenvalue weighted by Crippen LogP contribution is -2.56.